The number of nitrogens with two attached hydrogens (primary N) is 1. The molecule has 0 atom stereocenters. The Bertz CT molecular complexity index is 502. The number of oxime groups is 1. The van der Waals surface area contributed by atoms with Crippen LogP contribution in [0.2, 0.25) is 0 Å². The van der Waals surface area contributed by atoms with Gasteiger partial charge in [0.2, 0.25) is 5.91 Å². The topological polar surface area (TPSA) is 87.7 Å². The molecule has 104 valence electrons. The first kappa shape index (κ1) is 15.0. The summed E-state index contributed by atoms with van der Waals surface area (Å²) >= 11 is 0. The van der Waals surface area contributed by atoms with Crippen molar-refractivity contribution in [3.8, 4) is 0 Å². The highest BCUT2D eigenvalue weighted by molar-refractivity contribution is 6.06. The Morgan fingerprint density at radius 1 is 1.42 bits per heavy atom. The van der Waals surface area contributed by atoms with Crippen LogP contribution in [0, 0.1) is 12.3 Å². The molecule has 19 heavy (non-hydrogen) atoms. The lowest BCUT2D eigenvalue weighted by atomic mass is 9.92. The Morgan fingerprint density at radius 3 is 2.58 bits per heavy atom. The molecule has 0 saturated carbocycles. The zero-order valence-corrected chi connectivity index (χ0v) is 11.8. The maximum atomic E-state index is 11.9. The molecule has 0 aliphatic rings. The average molecular weight is 263 g/mol. The van der Waals surface area contributed by atoms with E-state index in [1.54, 1.807) is 6.07 Å². The largest absolute Gasteiger partial charge is 0.409 e. The Balaban J connectivity index is 3.02. The molecule has 1 aromatic carbocycles. The van der Waals surface area contributed by atoms with Gasteiger partial charge in [-0.3, -0.25) is 4.79 Å². The minimum absolute atomic E-state index is 0.0100. The molecule has 0 spiro atoms. The smallest absolute Gasteiger partial charge is 0.224 e. The minimum atomic E-state index is -0.0926. The molecule has 0 unspecified atom stereocenters. The molecule has 0 aliphatic heterocycles. The molecule has 1 rings (SSSR count). The summed E-state index contributed by atoms with van der Waals surface area (Å²) in [5, 5.41) is 14.6. The van der Waals surface area contributed by atoms with E-state index in [0.29, 0.717) is 17.7 Å². The second kappa shape index (κ2) is 5.73. The number of hydrogen-bond donors (Lipinski definition) is 3. The second-order valence-corrected chi connectivity index (χ2v) is 5.77. The summed E-state index contributed by atoms with van der Waals surface area (Å²) in [6.07, 6.45) is 0.399. The number of hydrogen-bond acceptors (Lipinski definition) is 3. The average Bonchev–Trinajstić information content (AvgIpc) is 2.25. The lowest BCUT2D eigenvalue weighted by Crippen LogP contribution is -2.23. The molecule has 0 aliphatic carbocycles. The van der Waals surface area contributed by atoms with Crippen molar-refractivity contribution in [2.45, 2.75) is 34.1 Å². The monoisotopic (exact) mass is 263 g/mol. The molecular formula is C14H21N3O2. The van der Waals surface area contributed by atoms with E-state index in [4.69, 9.17) is 10.9 Å². The van der Waals surface area contributed by atoms with Gasteiger partial charge in [0.1, 0.15) is 0 Å². The molecule has 0 radical (unpaired) electrons. The summed E-state index contributed by atoms with van der Waals surface area (Å²) in [7, 11) is 0. The number of nitrogens with one attached hydrogen (secondary N) is 1. The van der Waals surface area contributed by atoms with E-state index in [0.717, 1.165) is 5.56 Å². The van der Waals surface area contributed by atoms with Crippen LogP contribution in [-0.4, -0.2) is 17.0 Å². The number of nitrogens with zero attached hydrogens (tertiary/aromatic N) is 1. The van der Waals surface area contributed by atoms with Gasteiger partial charge in [0.05, 0.1) is 5.69 Å². The van der Waals surface area contributed by atoms with Crippen LogP contribution in [0.15, 0.2) is 23.4 Å². The van der Waals surface area contributed by atoms with Gasteiger partial charge >= 0.3 is 0 Å². The number of rotatable bonds is 3. The van der Waals surface area contributed by atoms with E-state index < -0.39 is 0 Å². The van der Waals surface area contributed by atoms with Gasteiger partial charge in [-0.15, -0.1) is 0 Å². The first-order valence-electron chi connectivity index (χ1n) is 6.12. The standard InChI is InChI=1S/C14H21N3O2/c1-9-6-5-7-10(12(9)13(15)17-19)16-11(18)8-14(2,3)4/h5-7,19H,8H2,1-4H3,(H2,15,17)(H,16,18). The molecule has 0 saturated heterocycles. The summed E-state index contributed by atoms with van der Waals surface area (Å²) in [6, 6.07) is 5.39. The van der Waals surface area contributed by atoms with Gasteiger partial charge in [-0.1, -0.05) is 38.1 Å². The number of carbonyl (C=O) groups excluding carboxylic acids is 1. The number of amides is 1. The van der Waals surface area contributed by atoms with E-state index in [1.165, 1.54) is 0 Å². The van der Waals surface area contributed by atoms with Crippen LogP contribution in [0.1, 0.15) is 38.3 Å². The Labute approximate surface area is 113 Å². The maximum absolute atomic E-state index is 11.9. The molecular weight excluding hydrogens is 242 g/mol. The van der Waals surface area contributed by atoms with Crippen molar-refractivity contribution in [1.82, 2.24) is 0 Å². The lowest BCUT2D eigenvalue weighted by Gasteiger charge is -2.18. The fraction of sp³-hybridized carbons (Fsp3) is 0.429. The summed E-state index contributed by atoms with van der Waals surface area (Å²) in [5.41, 5.74) is 7.50. The molecule has 0 heterocycles. The lowest BCUT2D eigenvalue weighted by molar-refractivity contribution is -0.117. The fourth-order valence-corrected chi connectivity index (χ4v) is 1.84. The highest BCUT2D eigenvalue weighted by atomic mass is 16.4. The minimum Gasteiger partial charge on any atom is -0.409 e. The number of aryl methyl sites for hydroxylation is 1. The third-order valence-corrected chi connectivity index (χ3v) is 2.60. The maximum Gasteiger partial charge on any atom is 0.224 e. The Hall–Kier alpha value is -2.04. The first-order valence-corrected chi connectivity index (χ1v) is 6.12. The van der Waals surface area contributed by atoms with Crippen molar-refractivity contribution in [2.75, 3.05) is 5.32 Å². The third-order valence-electron chi connectivity index (χ3n) is 2.60. The van der Waals surface area contributed by atoms with Gasteiger partial charge in [-0.05, 0) is 24.0 Å². The quantitative estimate of drug-likeness (QED) is 0.339. The van der Waals surface area contributed by atoms with Gasteiger partial charge in [-0.25, -0.2) is 0 Å². The van der Waals surface area contributed by atoms with Crippen LogP contribution >= 0.6 is 0 Å². The molecule has 4 N–H and O–H groups in total. The highest BCUT2D eigenvalue weighted by Gasteiger charge is 2.18. The van der Waals surface area contributed by atoms with Gasteiger partial charge in [0, 0.05) is 12.0 Å². The van der Waals surface area contributed by atoms with Gasteiger partial charge in [0.15, 0.2) is 5.84 Å². The predicted molar refractivity (Wildman–Crippen MR) is 76.4 cm³/mol. The second-order valence-electron chi connectivity index (χ2n) is 5.77. The number of carbonyl (C=O) groups is 1. The summed E-state index contributed by atoms with van der Waals surface area (Å²) < 4.78 is 0. The van der Waals surface area contributed by atoms with Crippen molar-refractivity contribution < 1.29 is 10.0 Å². The van der Waals surface area contributed by atoms with Crippen LogP contribution in [-0.2, 0) is 4.79 Å². The molecule has 0 bridgehead atoms. The molecule has 1 aromatic rings. The Morgan fingerprint density at radius 2 is 2.05 bits per heavy atom. The van der Waals surface area contributed by atoms with Crippen LogP contribution in [0.3, 0.4) is 0 Å². The predicted octanol–water partition coefficient (Wildman–Crippen LogP) is 2.46. The number of benzene rings is 1. The molecule has 0 aromatic heterocycles. The van der Waals surface area contributed by atoms with Crippen molar-refractivity contribution >= 4 is 17.4 Å². The molecule has 1 amide bonds. The fourth-order valence-electron chi connectivity index (χ4n) is 1.84. The molecule has 5 heteroatoms. The third kappa shape index (κ3) is 4.28. The van der Waals surface area contributed by atoms with E-state index in [2.05, 4.69) is 10.5 Å². The van der Waals surface area contributed by atoms with E-state index in [9.17, 15) is 4.79 Å². The van der Waals surface area contributed by atoms with Crippen LogP contribution < -0.4 is 11.1 Å². The van der Waals surface area contributed by atoms with E-state index in [-0.39, 0.29) is 17.2 Å². The van der Waals surface area contributed by atoms with Crippen LogP contribution in [0.5, 0.6) is 0 Å². The van der Waals surface area contributed by atoms with Crippen LogP contribution in [0.4, 0.5) is 5.69 Å². The molecule has 5 nitrogen and oxygen atoms in total. The zero-order chi connectivity index (χ0) is 14.6. The van der Waals surface area contributed by atoms with Crippen molar-refractivity contribution in [2.24, 2.45) is 16.3 Å². The first-order chi connectivity index (χ1) is 8.74. The van der Waals surface area contributed by atoms with E-state index in [1.807, 2.05) is 39.8 Å². The van der Waals surface area contributed by atoms with Crippen LogP contribution in [0.25, 0.3) is 0 Å². The number of anilines is 1. The van der Waals surface area contributed by atoms with E-state index >= 15 is 0 Å². The van der Waals surface area contributed by atoms with Crippen molar-refractivity contribution in [1.29, 1.82) is 0 Å². The summed E-state index contributed by atoms with van der Waals surface area (Å²) in [5.74, 6) is -0.103. The van der Waals surface area contributed by atoms with Gasteiger partial charge < -0.3 is 16.3 Å². The van der Waals surface area contributed by atoms with Crippen molar-refractivity contribution in [3.05, 3.63) is 29.3 Å². The highest BCUT2D eigenvalue weighted by Crippen LogP contribution is 2.23. The molecule has 0 fully saturated rings. The Kier molecular flexibility index (Phi) is 4.53. The number of amidine groups is 1. The summed E-state index contributed by atoms with van der Waals surface area (Å²) in [6.45, 7) is 7.82. The van der Waals surface area contributed by atoms with Gasteiger partial charge in [0.25, 0.3) is 0 Å². The SMILES string of the molecule is Cc1cccc(NC(=O)CC(C)(C)C)c1/C(N)=N/O. The normalized spacial score (nSPS) is 12.3. The van der Waals surface area contributed by atoms with Crippen molar-refractivity contribution in [3.63, 3.8) is 0 Å². The zero-order valence-electron chi connectivity index (χ0n) is 11.8. The summed E-state index contributed by atoms with van der Waals surface area (Å²) in [4.78, 5) is 11.9. The van der Waals surface area contributed by atoms with Gasteiger partial charge in [-0.2, -0.15) is 0 Å².